The lowest BCUT2D eigenvalue weighted by molar-refractivity contribution is 0.263. The average Bonchev–Trinajstić information content (AvgIpc) is 2.76. The van der Waals surface area contributed by atoms with E-state index in [-0.39, 0.29) is 12.4 Å². The number of nitrogens with one attached hydrogen (secondary N) is 1. The van der Waals surface area contributed by atoms with Gasteiger partial charge in [-0.05, 0) is 58.7 Å². The van der Waals surface area contributed by atoms with Crippen molar-refractivity contribution >= 4 is 33.8 Å². The zero-order valence-electron chi connectivity index (χ0n) is 12.9. The summed E-state index contributed by atoms with van der Waals surface area (Å²) in [4.78, 5) is 2.47. The molecule has 0 spiro atoms. The fraction of sp³-hybridized carbons (Fsp3) is 0.714. The Balaban J connectivity index is 0.00000220. The standard InChI is InChI=1S/C14H24N2O2S2.ClH/c1-11-10-14(12(2)19-11)20(17,18)16-8-5-13(6-9-16)4-7-15-3;/h10,13,15H,4-9H2,1-3H3;1H. The second-order valence-electron chi connectivity index (χ2n) is 5.52. The molecule has 0 bridgehead atoms. The quantitative estimate of drug-likeness (QED) is 0.886. The van der Waals surface area contributed by atoms with Crippen molar-refractivity contribution in [2.75, 3.05) is 26.7 Å². The maximum absolute atomic E-state index is 12.7. The van der Waals surface area contributed by atoms with Crippen LogP contribution in [-0.4, -0.2) is 39.4 Å². The molecule has 1 fully saturated rings. The van der Waals surface area contributed by atoms with E-state index in [0.29, 0.717) is 23.9 Å². The van der Waals surface area contributed by atoms with Gasteiger partial charge >= 0.3 is 0 Å². The fourth-order valence-corrected chi connectivity index (χ4v) is 5.78. The predicted molar refractivity (Wildman–Crippen MR) is 91.1 cm³/mol. The van der Waals surface area contributed by atoms with Crippen molar-refractivity contribution < 1.29 is 8.42 Å². The average molecular weight is 353 g/mol. The highest BCUT2D eigenvalue weighted by atomic mass is 35.5. The molecular formula is C14H25ClN2O2S2. The molecule has 0 radical (unpaired) electrons. The summed E-state index contributed by atoms with van der Waals surface area (Å²) in [6.07, 6.45) is 3.09. The Morgan fingerprint density at radius 2 is 1.95 bits per heavy atom. The molecule has 21 heavy (non-hydrogen) atoms. The van der Waals surface area contributed by atoms with Crippen molar-refractivity contribution in [2.24, 2.45) is 5.92 Å². The summed E-state index contributed by atoms with van der Waals surface area (Å²) in [5.41, 5.74) is 0. The largest absolute Gasteiger partial charge is 0.320 e. The number of hydrogen-bond donors (Lipinski definition) is 1. The van der Waals surface area contributed by atoms with Gasteiger partial charge in [-0.15, -0.1) is 23.7 Å². The van der Waals surface area contributed by atoms with E-state index in [1.165, 1.54) is 0 Å². The molecule has 4 nitrogen and oxygen atoms in total. The lowest BCUT2D eigenvalue weighted by Gasteiger charge is -2.31. The van der Waals surface area contributed by atoms with Crippen molar-refractivity contribution in [3.05, 3.63) is 15.8 Å². The van der Waals surface area contributed by atoms with Crippen LogP contribution >= 0.6 is 23.7 Å². The molecule has 2 rings (SSSR count). The molecule has 122 valence electrons. The number of aryl methyl sites for hydroxylation is 2. The maximum Gasteiger partial charge on any atom is 0.244 e. The van der Waals surface area contributed by atoms with Gasteiger partial charge in [-0.2, -0.15) is 4.31 Å². The fourth-order valence-electron chi connectivity index (χ4n) is 2.79. The highest BCUT2D eigenvalue weighted by Crippen LogP contribution is 2.30. The van der Waals surface area contributed by atoms with E-state index < -0.39 is 10.0 Å². The lowest BCUT2D eigenvalue weighted by atomic mass is 9.95. The van der Waals surface area contributed by atoms with Gasteiger partial charge in [-0.25, -0.2) is 8.42 Å². The molecule has 0 amide bonds. The molecule has 0 aliphatic carbocycles. The highest BCUT2D eigenvalue weighted by molar-refractivity contribution is 7.89. The summed E-state index contributed by atoms with van der Waals surface area (Å²) in [6.45, 7) is 6.18. The van der Waals surface area contributed by atoms with E-state index in [9.17, 15) is 8.42 Å². The molecule has 1 aromatic rings. The van der Waals surface area contributed by atoms with E-state index in [2.05, 4.69) is 5.32 Å². The van der Waals surface area contributed by atoms with E-state index in [0.717, 1.165) is 35.6 Å². The topological polar surface area (TPSA) is 49.4 Å². The molecule has 2 heterocycles. The van der Waals surface area contributed by atoms with Crippen LogP contribution in [-0.2, 0) is 10.0 Å². The van der Waals surface area contributed by atoms with E-state index in [4.69, 9.17) is 0 Å². The number of hydrogen-bond acceptors (Lipinski definition) is 4. The number of nitrogens with zero attached hydrogens (tertiary/aromatic N) is 1. The van der Waals surface area contributed by atoms with Crippen LogP contribution < -0.4 is 5.32 Å². The van der Waals surface area contributed by atoms with Crippen molar-refractivity contribution in [2.45, 2.75) is 38.0 Å². The van der Waals surface area contributed by atoms with Crippen LogP contribution in [0.1, 0.15) is 29.0 Å². The first-order valence-electron chi connectivity index (χ1n) is 7.17. The molecule has 0 unspecified atom stereocenters. The molecule has 1 aliphatic rings. The summed E-state index contributed by atoms with van der Waals surface area (Å²) in [5, 5.41) is 3.16. The van der Waals surface area contributed by atoms with E-state index in [1.807, 2.05) is 27.0 Å². The van der Waals surface area contributed by atoms with Gasteiger partial charge in [0.05, 0.1) is 4.90 Å². The molecule has 1 saturated heterocycles. The second-order valence-corrected chi connectivity index (χ2v) is 8.88. The van der Waals surface area contributed by atoms with Gasteiger partial charge in [-0.3, -0.25) is 0 Å². The number of sulfonamides is 1. The van der Waals surface area contributed by atoms with Gasteiger partial charge in [0.1, 0.15) is 0 Å². The second kappa shape index (κ2) is 7.92. The van der Waals surface area contributed by atoms with Crippen LogP contribution in [0.15, 0.2) is 11.0 Å². The molecule has 1 aliphatic heterocycles. The molecule has 1 aromatic heterocycles. The number of halogens is 1. The van der Waals surface area contributed by atoms with Gasteiger partial charge in [0, 0.05) is 22.8 Å². The Labute approximate surface area is 138 Å². The number of thiophene rings is 1. The number of rotatable bonds is 5. The third-order valence-corrected chi connectivity index (χ3v) is 7.11. The zero-order valence-corrected chi connectivity index (χ0v) is 15.3. The summed E-state index contributed by atoms with van der Waals surface area (Å²) in [7, 11) is -1.33. The summed E-state index contributed by atoms with van der Waals surface area (Å²) in [6, 6.07) is 1.81. The van der Waals surface area contributed by atoms with Gasteiger partial charge in [0.15, 0.2) is 0 Å². The Bertz CT molecular complexity index is 549. The molecule has 1 N–H and O–H groups in total. The SMILES string of the molecule is CNCCC1CCN(S(=O)(=O)c2cc(C)sc2C)CC1.Cl. The minimum Gasteiger partial charge on any atom is -0.320 e. The third-order valence-electron chi connectivity index (χ3n) is 3.99. The first-order chi connectivity index (χ1) is 9.45. The normalized spacial score (nSPS) is 17.7. The molecule has 7 heteroatoms. The zero-order chi connectivity index (χ0) is 14.8. The van der Waals surface area contributed by atoms with Crippen molar-refractivity contribution in [3.8, 4) is 0 Å². The van der Waals surface area contributed by atoms with Crippen LogP contribution in [0.3, 0.4) is 0 Å². The van der Waals surface area contributed by atoms with Crippen LogP contribution in [0.25, 0.3) is 0 Å². The molecule has 0 atom stereocenters. The van der Waals surface area contributed by atoms with Crippen LogP contribution in [0.4, 0.5) is 0 Å². The molecule has 0 saturated carbocycles. The first-order valence-corrected chi connectivity index (χ1v) is 9.42. The van der Waals surface area contributed by atoms with Crippen molar-refractivity contribution in [1.82, 2.24) is 9.62 Å². The van der Waals surface area contributed by atoms with Gasteiger partial charge < -0.3 is 5.32 Å². The Kier molecular flexibility index (Phi) is 7.13. The monoisotopic (exact) mass is 352 g/mol. The molecular weight excluding hydrogens is 328 g/mol. The smallest absolute Gasteiger partial charge is 0.244 e. The minimum atomic E-state index is -3.29. The van der Waals surface area contributed by atoms with E-state index >= 15 is 0 Å². The Morgan fingerprint density at radius 3 is 2.43 bits per heavy atom. The van der Waals surface area contributed by atoms with Gasteiger partial charge in [0.25, 0.3) is 0 Å². The van der Waals surface area contributed by atoms with Gasteiger partial charge in [-0.1, -0.05) is 0 Å². The third kappa shape index (κ3) is 4.42. The predicted octanol–water partition coefficient (Wildman–Crippen LogP) is 2.80. The maximum atomic E-state index is 12.7. The summed E-state index contributed by atoms with van der Waals surface area (Å²) < 4.78 is 27.0. The Hall–Kier alpha value is -0.140. The van der Waals surface area contributed by atoms with Crippen LogP contribution in [0, 0.1) is 19.8 Å². The van der Waals surface area contributed by atoms with E-state index in [1.54, 1.807) is 15.6 Å². The van der Waals surface area contributed by atoms with Crippen molar-refractivity contribution in [1.29, 1.82) is 0 Å². The summed E-state index contributed by atoms with van der Waals surface area (Å²) >= 11 is 1.56. The summed E-state index contributed by atoms with van der Waals surface area (Å²) in [5.74, 6) is 0.652. The first kappa shape index (κ1) is 18.9. The number of piperidine rings is 1. The van der Waals surface area contributed by atoms with Crippen LogP contribution in [0.5, 0.6) is 0 Å². The van der Waals surface area contributed by atoms with Crippen molar-refractivity contribution in [3.63, 3.8) is 0 Å². The van der Waals surface area contributed by atoms with Crippen LogP contribution in [0.2, 0.25) is 0 Å². The van der Waals surface area contributed by atoms with Gasteiger partial charge in [0.2, 0.25) is 10.0 Å². The minimum absolute atomic E-state index is 0. The Morgan fingerprint density at radius 1 is 1.33 bits per heavy atom. The highest BCUT2D eigenvalue weighted by Gasteiger charge is 2.30. The molecule has 0 aromatic carbocycles. The lowest BCUT2D eigenvalue weighted by Crippen LogP contribution is -2.39.